The van der Waals surface area contributed by atoms with E-state index in [9.17, 15) is 13.2 Å². The molecule has 0 aromatic heterocycles. The highest BCUT2D eigenvalue weighted by atomic mass is 32.2. The lowest BCUT2D eigenvalue weighted by Gasteiger charge is -2.16. The van der Waals surface area contributed by atoms with Crippen LogP contribution in [0.15, 0.2) is 36.6 Å². The normalized spacial score (nSPS) is 12.4. The first kappa shape index (κ1) is 18.2. The number of nitrogens with two attached hydrogens (primary N) is 1. The minimum absolute atomic E-state index is 0.0530. The zero-order valence-corrected chi connectivity index (χ0v) is 12.7. The smallest absolute Gasteiger partial charge is 0.417 e. The van der Waals surface area contributed by atoms with Crippen LogP contribution in [0.1, 0.15) is 16.7 Å². The summed E-state index contributed by atoms with van der Waals surface area (Å²) in [6.07, 6.45) is -1.77. The Labute approximate surface area is 135 Å². The molecule has 0 heterocycles. The minimum Gasteiger partial charge on any atom is -0.516 e. The number of aliphatic hydroxyl groups excluding tert-OH is 1. The van der Waals surface area contributed by atoms with Crippen molar-refractivity contribution in [2.75, 3.05) is 0 Å². The maximum atomic E-state index is 13.4. The fourth-order valence-corrected chi connectivity index (χ4v) is 2.13. The molecule has 0 bridgehead atoms. The van der Waals surface area contributed by atoms with E-state index in [1.807, 2.05) is 0 Å². The average Bonchev–Trinajstić information content (AvgIpc) is 2.48. The van der Waals surface area contributed by atoms with Gasteiger partial charge in [0.05, 0.1) is 27.7 Å². The third-order valence-corrected chi connectivity index (χ3v) is 3.42. The molecule has 8 heteroatoms. The number of allylic oxidation sites excluding steroid dienone is 2. The predicted octanol–water partition coefficient (Wildman–Crippen LogP) is 4.16. The molecule has 0 spiro atoms. The third-order valence-electron chi connectivity index (χ3n) is 2.67. The molecule has 1 aromatic rings. The van der Waals surface area contributed by atoms with Crippen LogP contribution >= 0.6 is 24.2 Å². The summed E-state index contributed by atoms with van der Waals surface area (Å²) < 4.78 is 40.2. The summed E-state index contributed by atoms with van der Waals surface area (Å²) in [6, 6.07) is 5.62. The summed E-state index contributed by atoms with van der Waals surface area (Å²) in [7, 11) is 0. The van der Waals surface area contributed by atoms with Crippen molar-refractivity contribution >= 4 is 33.9 Å². The second kappa shape index (κ2) is 7.98. The van der Waals surface area contributed by atoms with Crippen molar-refractivity contribution in [2.45, 2.75) is 12.6 Å². The Morgan fingerprint density at radius 3 is 2.64 bits per heavy atom. The molecule has 116 valence electrons. The van der Waals surface area contributed by atoms with Crippen molar-refractivity contribution in [3.63, 3.8) is 0 Å². The topological polar surface area (TPSA) is 70.0 Å². The van der Waals surface area contributed by atoms with Crippen LogP contribution in [0.4, 0.5) is 13.2 Å². The van der Waals surface area contributed by atoms with E-state index in [0.29, 0.717) is 18.2 Å². The maximum Gasteiger partial charge on any atom is 0.417 e. The van der Waals surface area contributed by atoms with Crippen molar-refractivity contribution in [1.29, 1.82) is 5.26 Å². The van der Waals surface area contributed by atoms with Crippen LogP contribution < -0.4 is 5.14 Å². The Hall–Kier alpha value is -1.82. The molecule has 0 aliphatic carbocycles. The van der Waals surface area contributed by atoms with E-state index < -0.39 is 11.7 Å². The van der Waals surface area contributed by atoms with E-state index in [1.165, 1.54) is 24.3 Å². The van der Waals surface area contributed by atoms with Crippen LogP contribution in [0.2, 0.25) is 0 Å². The molecule has 3 N–H and O–H groups in total. The van der Waals surface area contributed by atoms with E-state index >= 15 is 0 Å². The lowest BCUT2D eigenvalue weighted by atomic mass is 9.93. The molecule has 1 aromatic carbocycles. The second-order valence-corrected chi connectivity index (χ2v) is 5.41. The quantitative estimate of drug-likeness (QED) is 0.282. The highest BCUT2D eigenvalue weighted by Crippen LogP contribution is 2.38. The zero-order valence-electron chi connectivity index (χ0n) is 11.1. The zero-order chi connectivity index (χ0) is 16.8. The lowest BCUT2D eigenvalue weighted by molar-refractivity contribution is -0.138. The molecule has 22 heavy (non-hydrogen) atoms. The second-order valence-electron chi connectivity index (χ2n) is 4.03. The number of rotatable bonds is 4. The largest absolute Gasteiger partial charge is 0.516 e. The number of aliphatic hydroxyl groups is 1. The molecule has 1 rings (SSSR count). The fourth-order valence-electron chi connectivity index (χ4n) is 1.83. The van der Waals surface area contributed by atoms with Crippen molar-refractivity contribution in [3.8, 4) is 6.07 Å². The number of nitrogens with zero attached hydrogens (tertiary/aromatic N) is 1. The van der Waals surface area contributed by atoms with Crippen molar-refractivity contribution < 1.29 is 18.3 Å². The first-order valence-electron chi connectivity index (χ1n) is 5.86. The van der Waals surface area contributed by atoms with Crippen LogP contribution in [0.25, 0.3) is 5.57 Å². The summed E-state index contributed by atoms with van der Waals surface area (Å²) in [4.78, 5) is 0. The highest BCUT2D eigenvalue weighted by molar-refractivity contribution is 8.22. The number of thiocarbonyl (C=S) groups is 1. The monoisotopic (exact) mass is 344 g/mol. The van der Waals surface area contributed by atoms with Gasteiger partial charge in [0.25, 0.3) is 0 Å². The predicted molar refractivity (Wildman–Crippen MR) is 84.9 cm³/mol. The molecule has 3 nitrogen and oxygen atoms in total. The molecular weight excluding hydrogens is 333 g/mol. The number of hydrogen-bond acceptors (Lipinski definition) is 5. The van der Waals surface area contributed by atoms with Gasteiger partial charge < -0.3 is 5.11 Å². The molecule has 0 fully saturated rings. The highest BCUT2D eigenvalue weighted by Gasteiger charge is 2.36. The van der Waals surface area contributed by atoms with Gasteiger partial charge in [0.15, 0.2) is 0 Å². The van der Waals surface area contributed by atoms with Gasteiger partial charge in [-0.25, -0.2) is 0 Å². The van der Waals surface area contributed by atoms with E-state index in [0.717, 1.165) is 6.08 Å². The molecule has 0 saturated heterocycles. The lowest BCUT2D eigenvalue weighted by Crippen LogP contribution is -2.12. The van der Waals surface area contributed by atoms with Gasteiger partial charge in [-0.3, -0.25) is 5.14 Å². The molecular formula is C14H11F3N2OS2. The number of benzene rings is 1. The Kier molecular flexibility index (Phi) is 6.61. The van der Waals surface area contributed by atoms with E-state index in [-0.39, 0.29) is 27.3 Å². The summed E-state index contributed by atoms with van der Waals surface area (Å²) in [5.41, 5.74) is -1.46. The van der Waals surface area contributed by atoms with Crippen LogP contribution in [-0.2, 0) is 12.6 Å². The fraction of sp³-hybridized carbons (Fsp3) is 0.143. The molecule has 0 atom stereocenters. The van der Waals surface area contributed by atoms with Crippen LogP contribution in [0, 0.1) is 11.3 Å². The Morgan fingerprint density at radius 1 is 1.45 bits per heavy atom. The maximum absolute atomic E-state index is 13.4. The van der Waals surface area contributed by atoms with Crippen molar-refractivity contribution in [3.05, 3.63) is 53.3 Å². The van der Waals surface area contributed by atoms with Gasteiger partial charge in [-0.2, -0.15) is 18.4 Å². The number of alkyl halides is 3. The summed E-state index contributed by atoms with van der Waals surface area (Å²) in [6.45, 7) is 0. The summed E-state index contributed by atoms with van der Waals surface area (Å²) in [5, 5.41) is 23.0. The average molecular weight is 344 g/mol. The Bertz CT molecular complexity index is 661. The third kappa shape index (κ3) is 4.59. The summed E-state index contributed by atoms with van der Waals surface area (Å²) >= 11 is 5.50. The SMILES string of the molecule is N#CC(=CC(=S)SN)c1cccc(CC=CO)c1C(F)(F)F. The molecule has 0 saturated carbocycles. The first-order chi connectivity index (χ1) is 10.3. The van der Waals surface area contributed by atoms with Gasteiger partial charge in [-0.1, -0.05) is 30.4 Å². The van der Waals surface area contributed by atoms with Gasteiger partial charge >= 0.3 is 6.18 Å². The molecule has 0 amide bonds. The van der Waals surface area contributed by atoms with Gasteiger partial charge in [-0.05, 0) is 36.1 Å². The van der Waals surface area contributed by atoms with Crippen LogP contribution in [0.3, 0.4) is 0 Å². The number of hydrogen-bond donors (Lipinski definition) is 2. The summed E-state index contributed by atoms with van der Waals surface area (Å²) in [5.74, 6) is 0. The molecule has 0 aliphatic heterocycles. The van der Waals surface area contributed by atoms with Gasteiger partial charge in [0, 0.05) is 5.56 Å². The molecule has 0 radical (unpaired) electrons. The number of halogens is 3. The first-order valence-corrected chi connectivity index (χ1v) is 7.15. The standard InChI is InChI=1S/C14H11F3N2OS2/c15-14(16,17)13-9(4-2-6-20)3-1-5-11(13)10(8-18)7-12(21)22-19/h1-3,5-7,20H,4,19H2. The Morgan fingerprint density at radius 2 is 2.14 bits per heavy atom. The van der Waals surface area contributed by atoms with Crippen molar-refractivity contribution in [1.82, 2.24) is 0 Å². The minimum atomic E-state index is -4.65. The van der Waals surface area contributed by atoms with Crippen LogP contribution in [0.5, 0.6) is 0 Å². The van der Waals surface area contributed by atoms with Gasteiger partial charge in [0.1, 0.15) is 0 Å². The van der Waals surface area contributed by atoms with Crippen LogP contribution in [-0.4, -0.2) is 9.30 Å². The van der Waals surface area contributed by atoms with E-state index in [2.05, 4.69) is 0 Å². The number of nitriles is 1. The molecule has 0 aliphatic rings. The molecule has 0 unspecified atom stereocenters. The van der Waals surface area contributed by atoms with Crippen molar-refractivity contribution in [2.24, 2.45) is 5.14 Å². The Balaban J connectivity index is 3.57. The van der Waals surface area contributed by atoms with Gasteiger partial charge in [-0.15, -0.1) is 0 Å². The van der Waals surface area contributed by atoms with E-state index in [4.69, 9.17) is 27.7 Å². The van der Waals surface area contributed by atoms with Gasteiger partial charge in [0.2, 0.25) is 0 Å². The van der Waals surface area contributed by atoms with E-state index in [1.54, 1.807) is 6.07 Å².